The van der Waals surface area contributed by atoms with Crippen molar-refractivity contribution in [3.63, 3.8) is 0 Å². The first-order valence-electron chi connectivity index (χ1n) is 10.1. The van der Waals surface area contributed by atoms with Crippen molar-refractivity contribution in [2.24, 2.45) is 0 Å². The van der Waals surface area contributed by atoms with Crippen LogP contribution in [0.25, 0.3) is 5.76 Å². The Labute approximate surface area is 175 Å². The van der Waals surface area contributed by atoms with Crippen molar-refractivity contribution in [2.45, 2.75) is 31.9 Å². The molecule has 6 nitrogen and oxygen atoms in total. The average Bonchev–Trinajstić information content (AvgIpc) is 3.36. The van der Waals surface area contributed by atoms with E-state index in [9.17, 15) is 14.7 Å². The van der Waals surface area contributed by atoms with Gasteiger partial charge in [0.05, 0.1) is 24.8 Å². The van der Waals surface area contributed by atoms with Crippen molar-refractivity contribution in [1.82, 2.24) is 4.90 Å². The van der Waals surface area contributed by atoms with E-state index >= 15 is 0 Å². The number of benzene rings is 2. The Morgan fingerprint density at radius 3 is 2.60 bits per heavy atom. The van der Waals surface area contributed by atoms with Crippen LogP contribution in [-0.2, 0) is 14.3 Å². The Hall–Kier alpha value is -3.12. The Balaban J connectivity index is 1.81. The SMILES string of the molecule is COc1ccc(/C(O)=C2/C(=O)C(=O)N(CC3CCCO3)C2c2cccc(C)c2)cc1. The number of Topliss-reactive ketones (excluding diaryl/α,β-unsaturated/α-hetero) is 1. The van der Waals surface area contributed by atoms with Gasteiger partial charge in [-0.1, -0.05) is 29.8 Å². The van der Waals surface area contributed by atoms with E-state index in [0.717, 1.165) is 24.0 Å². The Morgan fingerprint density at radius 1 is 1.20 bits per heavy atom. The predicted molar refractivity (Wildman–Crippen MR) is 112 cm³/mol. The van der Waals surface area contributed by atoms with Gasteiger partial charge in [-0.3, -0.25) is 9.59 Å². The zero-order valence-electron chi connectivity index (χ0n) is 17.1. The number of likely N-dealkylation sites (tertiary alicyclic amines) is 1. The number of carbonyl (C=O) groups excluding carboxylic acids is 2. The number of carbonyl (C=O) groups is 2. The van der Waals surface area contributed by atoms with Gasteiger partial charge < -0.3 is 19.5 Å². The van der Waals surface area contributed by atoms with Gasteiger partial charge in [0.15, 0.2) is 0 Å². The third-order valence-corrected chi connectivity index (χ3v) is 5.69. The second kappa shape index (κ2) is 8.32. The van der Waals surface area contributed by atoms with Crippen molar-refractivity contribution < 1.29 is 24.2 Å². The summed E-state index contributed by atoms with van der Waals surface area (Å²) < 4.78 is 10.9. The van der Waals surface area contributed by atoms with Crippen molar-refractivity contribution in [1.29, 1.82) is 0 Å². The molecule has 0 bridgehead atoms. The van der Waals surface area contributed by atoms with E-state index in [0.29, 0.717) is 24.5 Å². The standard InChI is InChI=1S/C24H25NO5/c1-15-5-3-6-17(13-15)21-20(22(26)16-8-10-18(29-2)11-9-16)23(27)24(28)25(21)14-19-7-4-12-30-19/h3,5-6,8-11,13,19,21,26H,4,7,12,14H2,1-2H3/b22-20-. The largest absolute Gasteiger partial charge is 0.507 e. The number of hydrogen-bond acceptors (Lipinski definition) is 5. The summed E-state index contributed by atoms with van der Waals surface area (Å²) in [6, 6.07) is 13.8. The zero-order valence-corrected chi connectivity index (χ0v) is 17.1. The molecule has 2 aliphatic heterocycles. The molecule has 2 saturated heterocycles. The van der Waals surface area contributed by atoms with Gasteiger partial charge in [0.25, 0.3) is 11.7 Å². The summed E-state index contributed by atoms with van der Waals surface area (Å²) in [5.74, 6) is -0.821. The highest BCUT2D eigenvalue weighted by atomic mass is 16.5. The lowest BCUT2D eigenvalue weighted by atomic mass is 9.94. The van der Waals surface area contributed by atoms with Crippen molar-refractivity contribution >= 4 is 17.4 Å². The molecule has 6 heteroatoms. The zero-order chi connectivity index (χ0) is 21.3. The van der Waals surface area contributed by atoms with Crippen molar-refractivity contribution in [2.75, 3.05) is 20.3 Å². The van der Waals surface area contributed by atoms with Crippen LogP contribution in [-0.4, -0.2) is 48.1 Å². The van der Waals surface area contributed by atoms with Gasteiger partial charge in [-0.15, -0.1) is 0 Å². The molecule has 0 radical (unpaired) electrons. The molecule has 30 heavy (non-hydrogen) atoms. The highest BCUT2D eigenvalue weighted by Gasteiger charge is 2.47. The average molecular weight is 407 g/mol. The lowest BCUT2D eigenvalue weighted by Gasteiger charge is -2.27. The molecular weight excluding hydrogens is 382 g/mol. The van der Waals surface area contributed by atoms with E-state index in [2.05, 4.69) is 0 Å². The molecule has 0 saturated carbocycles. The van der Waals surface area contributed by atoms with Crippen LogP contribution in [0.2, 0.25) is 0 Å². The van der Waals surface area contributed by atoms with Gasteiger partial charge in [0.2, 0.25) is 0 Å². The summed E-state index contributed by atoms with van der Waals surface area (Å²) in [5, 5.41) is 11.1. The van der Waals surface area contributed by atoms with Crippen molar-refractivity contribution in [3.05, 3.63) is 70.8 Å². The Morgan fingerprint density at radius 2 is 1.97 bits per heavy atom. The molecule has 1 N–H and O–H groups in total. The molecule has 2 unspecified atom stereocenters. The van der Waals surface area contributed by atoms with E-state index in [4.69, 9.17) is 9.47 Å². The maximum Gasteiger partial charge on any atom is 0.295 e. The molecule has 2 atom stereocenters. The second-order valence-corrected chi connectivity index (χ2v) is 7.73. The number of rotatable bonds is 5. The molecule has 0 aliphatic carbocycles. The quantitative estimate of drug-likeness (QED) is 0.466. The van der Waals surface area contributed by atoms with Crippen LogP contribution in [0.5, 0.6) is 5.75 Å². The van der Waals surface area contributed by atoms with Gasteiger partial charge in [0.1, 0.15) is 11.5 Å². The van der Waals surface area contributed by atoms with Crippen LogP contribution in [0, 0.1) is 6.92 Å². The molecule has 156 valence electrons. The van der Waals surface area contributed by atoms with Crippen LogP contribution in [0.4, 0.5) is 0 Å². The van der Waals surface area contributed by atoms with Gasteiger partial charge in [-0.05, 0) is 49.6 Å². The highest BCUT2D eigenvalue weighted by molar-refractivity contribution is 6.46. The number of aryl methyl sites for hydroxylation is 1. The fraction of sp³-hybridized carbons (Fsp3) is 0.333. The summed E-state index contributed by atoms with van der Waals surface area (Å²) in [6.07, 6.45) is 1.69. The minimum atomic E-state index is -0.673. The van der Waals surface area contributed by atoms with Crippen LogP contribution in [0.1, 0.15) is 35.6 Å². The molecule has 2 aromatic rings. The fourth-order valence-corrected chi connectivity index (χ4v) is 4.17. The first kappa shape index (κ1) is 20.2. The molecular formula is C24H25NO5. The number of nitrogens with zero attached hydrogens (tertiary/aromatic N) is 1. The molecule has 0 aromatic heterocycles. The number of ketones is 1. The van der Waals surface area contributed by atoms with Crippen molar-refractivity contribution in [3.8, 4) is 5.75 Å². The maximum atomic E-state index is 13.0. The number of hydrogen-bond donors (Lipinski definition) is 1. The summed E-state index contributed by atoms with van der Waals surface area (Å²) in [6.45, 7) is 2.94. The topological polar surface area (TPSA) is 76.1 Å². The second-order valence-electron chi connectivity index (χ2n) is 7.73. The number of amides is 1. The molecule has 1 amide bonds. The smallest absolute Gasteiger partial charge is 0.295 e. The third-order valence-electron chi connectivity index (χ3n) is 5.69. The molecule has 0 spiro atoms. The number of ether oxygens (including phenoxy) is 2. The number of aliphatic hydroxyl groups excluding tert-OH is 1. The summed E-state index contributed by atoms with van der Waals surface area (Å²) in [7, 11) is 1.56. The first-order valence-corrected chi connectivity index (χ1v) is 10.1. The Kier molecular flexibility index (Phi) is 5.59. The van der Waals surface area contributed by atoms with Gasteiger partial charge in [0, 0.05) is 18.7 Å². The predicted octanol–water partition coefficient (Wildman–Crippen LogP) is 3.60. The maximum absolute atomic E-state index is 13.0. The number of aliphatic hydroxyl groups is 1. The van der Waals surface area contributed by atoms with Gasteiger partial charge in [-0.25, -0.2) is 0 Å². The van der Waals surface area contributed by atoms with Gasteiger partial charge >= 0.3 is 0 Å². The lowest BCUT2D eigenvalue weighted by Crippen LogP contribution is -2.36. The van der Waals surface area contributed by atoms with Crippen LogP contribution < -0.4 is 4.74 Å². The summed E-state index contributed by atoms with van der Waals surface area (Å²) in [4.78, 5) is 27.5. The third kappa shape index (κ3) is 3.71. The van der Waals surface area contributed by atoms with Crippen LogP contribution in [0.15, 0.2) is 54.1 Å². The highest BCUT2D eigenvalue weighted by Crippen LogP contribution is 2.40. The summed E-state index contributed by atoms with van der Waals surface area (Å²) >= 11 is 0. The molecule has 2 fully saturated rings. The van der Waals surface area contributed by atoms with E-state index < -0.39 is 17.7 Å². The molecule has 2 heterocycles. The molecule has 4 rings (SSSR count). The lowest BCUT2D eigenvalue weighted by molar-refractivity contribution is -0.140. The minimum Gasteiger partial charge on any atom is -0.507 e. The molecule has 2 aromatic carbocycles. The summed E-state index contributed by atoms with van der Waals surface area (Å²) in [5.41, 5.74) is 2.37. The first-order chi connectivity index (χ1) is 14.5. The fourth-order valence-electron chi connectivity index (χ4n) is 4.17. The van der Waals surface area contributed by atoms with Gasteiger partial charge in [-0.2, -0.15) is 0 Å². The monoisotopic (exact) mass is 407 g/mol. The molecule has 2 aliphatic rings. The minimum absolute atomic E-state index is 0.100. The van der Waals surface area contributed by atoms with E-state index in [1.807, 2.05) is 31.2 Å². The normalized spacial score (nSPS) is 23.2. The van der Waals surface area contributed by atoms with Crippen LogP contribution >= 0.6 is 0 Å². The van der Waals surface area contributed by atoms with E-state index in [-0.39, 0.29) is 17.4 Å². The van der Waals surface area contributed by atoms with E-state index in [1.165, 1.54) is 0 Å². The van der Waals surface area contributed by atoms with Crippen LogP contribution in [0.3, 0.4) is 0 Å². The van der Waals surface area contributed by atoms with E-state index in [1.54, 1.807) is 36.3 Å². The Bertz CT molecular complexity index is 989. The number of methoxy groups -OCH3 is 1.